The first-order valence-electron chi connectivity index (χ1n) is 11.7. The van der Waals surface area contributed by atoms with Gasteiger partial charge in [0.2, 0.25) is 0 Å². The molecule has 4 heteroatoms. The Morgan fingerprint density at radius 1 is 0.933 bits per heavy atom. The zero-order valence-electron chi connectivity index (χ0n) is 19.0. The van der Waals surface area contributed by atoms with Gasteiger partial charge in [-0.1, -0.05) is 39.8 Å². The van der Waals surface area contributed by atoms with Crippen LogP contribution in [-0.2, 0) is 20.6 Å². The number of benzene rings is 1. The topological polar surface area (TPSA) is 43.5 Å². The molecule has 2 fully saturated rings. The normalized spacial score (nSPS) is 24.5. The first-order chi connectivity index (χ1) is 14.6. The molecular weight excluding hydrogens is 376 g/mol. The van der Waals surface area contributed by atoms with E-state index in [1.807, 2.05) is 0 Å². The number of aryl methyl sites for hydroxylation is 1. The van der Waals surface area contributed by atoms with Crippen LogP contribution >= 0.6 is 0 Å². The SMILES string of the molecule is CCC1=C(OCC2CO2)C(CC)(CC)CC(c2ccc(OCC3CO3)c(CC)c2)=C1. The van der Waals surface area contributed by atoms with Gasteiger partial charge in [0.05, 0.1) is 13.2 Å². The summed E-state index contributed by atoms with van der Waals surface area (Å²) in [6.45, 7) is 12.0. The largest absolute Gasteiger partial charge is 0.494 e. The van der Waals surface area contributed by atoms with Crippen molar-refractivity contribution in [2.75, 3.05) is 26.4 Å². The molecule has 0 amide bonds. The molecule has 4 rings (SSSR count). The number of epoxide rings is 2. The Balaban J connectivity index is 1.63. The molecule has 1 aromatic carbocycles. The average molecular weight is 413 g/mol. The predicted molar refractivity (Wildman–Crippen MR) is 120 cm³/mol. The van der Waals surface area contributed by atoms with E-state index in [9.17, 15) is 0 Å². The van der Waals surface area contributed by atoms with Gasteiger partial charge in [-0.3, -0.25) is 0 Å². The van der Waals surface area contributed by atoms with Crippen LogP contribution in [-0.4, -0.2) is 38.6 Å². The number of hydrogen-bond donors (Lipinski definition) is 0. The van der Waals surface area contributed by atoms with E-state index < -0.39 is 0 Å². The van der Waals surface area contributed by atoms with Gasteiger partial charge in [-0.25, -0.2) is 0 Å². The summed E-state index contributed by atoms with van der Waals surface area (Å²) in [4.78, 5) is 0. The summed E-state index contributed by atoms with van der Waals surface area (Å²) in [6.07, 6.45) is 8.05. The monoisotopic (exact) mass is 412 g/mol. The minimum atomic E-state index is 0.0647. The second-order valence-corrected chi connectivity index (χ2v) is 8.75. The van der Waals surface area contributed by atoms with Crippen LogP contribution < -0.4 is 4.74 Å². The molecule has 2 saturated heterocycles. The lowest BCUT2D eigenvalue weighted by atomic mass is 9.69. The quantitative estimate of drug-likeness (QED) is 0.437. The lowest BCUT2D eigenvalue weighted by Gasteiger charge is -2.39. The third kappa shape index (κ3) is 4.60. The van der Waals surface area contributed by atoms with Crippen molar-refractivity contribution in [1.82, 2.24) is 0 Å². The summed E-state index contributed by atoms with van der Waals surface area (Å²) in [5.74, 6) is 2.19. The summed E-state index contributed by atoms with van der Waals surface area (Å²) in [7, 11) is 0. The lowest BCUT2D eigenvalue weighted by molar-refractivity contribution is 0.102. The number of rotatable bonds is 11. The molecule has 0 aromatic heterocycles. The first kappa shape index (κ1) is 21.5. The number of ether oxygens (including phenoxy) is 4. The summed E-state index contributed by atoms with van der Waals surface area (Å²) < 4.78 is 23.1. The van der Waals surface area contributed by atoms with E-state index in [2.05, 4.69) is 52.0 Å². The molecule has 1 aliphatic carbocycles. The van der Waals surface area contributed by atoms with Crippen LogP contribution in [0.2, 0.25) is 0 Å². The minimum Gasteiger partial charge on any atom is -0.494 e. The van der Waals surface area contributed by atoms with E-state index in [1.165, 1.54) is 28.0 Å². The van der Waals surface area contributed by atoms with Gasteiger partial charge in [-0.05, 0) is 66.5 Å². The smallest absolute Gasteiger partial charge is 0.122 e. The molecule has 0 bridgehead atoms. The second kappa shape index (κ2) is 9.15. The molecule has 0 radical (unpaired) electrons. The van der Waals surface area contributed by atoms with Gasteiger partial charge in [0.15, 0.2) is 0 Å². The van der Waals surface area contributed by atoms with Crippen LogP contribution in [0.1, 0.15) is 64.5 Å². The van der Waals surface area contributed by atoms with Gasteiger partial charge >= 0.3 is 0 Å². The molecule has 0 N–H and O–H groups in total. The molecule has 3 aliphatic rings. The number of allylic oxidation sites excluding steroid dienone is 4. The third-order valence-electron chi connectivity index (χ3n) is 6.84. The van der Waals surface area contributed by atoms with Crippen LogP contribution in [0.4, 0.5) is 0 Å². The van der Waals surface area contributed by atoms with Crippen molar-refractivity contribution in [2.24, 2.45) is 5.41 Å². The summed E-state index contributed by atoms with van der Waals surface area (Å²) in [5, 5.41) is 0. The Bertz CT molecular complexity index is 810. The van der Waals surface area contributed by atoms with Crippen molar-refractivity contribution in [3.63, 3.8) is 0 Å². The zero-order valence-corrected chi connectivity index (χ0v) is 19.0. The first-order valence-corrected chi connectivity index (χ1v) is 11.7. The zero-order chi connectivity index (χ0) is 21.1. The number of hydrogen-bond acceptors (Lipinski definition) is 4. The fourth-order valence-electron chi connectivity index (χ4n) is 4.51. The molecule has 0 spiro atoms. The standard InChI is InChI=1S/C26H36O4/c1-5-18-11-20(9-10-24(18)29-16-22-14-27-22)21-12-19(6-2)25(30-17-23-15-28-23)26(7-3,8-4)13-21/h9-12,22-23H,5-8,13-17H2,1-4H3. The van der Waals surface area contributed by atoms with E-state index >= 15 is 0 Å². The summed E-state index contributed by atoms with van der Waals surface area (Å²) in [6, 6.07) is 6.69. The Kier molecular flexibility index (Phi) is 6.54. The summed E-state index contributed by atoms with van der Waals surface area (Å²) >= 11 is 0. The van der Waals surface area contributed by atoms with E-state index in [0.29, 0.717) is 13.2 Å². The molecule has 2 aliphatic heterocycles. The van der Waals surface area contributed by atoms with Gasteiger partial charge in [-0.2, -0.15) is 0 Å². The molecule has 2 atom stereocenters. The molecule has 2 unspecified atom stereocenters. The van der Waals surface area contributed by atoms with Crippen LogP contribution in [0.25, 0.3) is 5.57 Å². The molecule has 0 saturated carbocycles. The van der Waals surface area contributed by atoms with E-state index in [4.69, 9.17) is 18.9 Å². The molecular formula is C26H36O4. The molecule has 2 heterocycles. The molecule has 4 nitrogen and oxygen atoms in total. The van der Waals surface area contributed by atoms with Crippen molar-refractivity contribution >= 4 is 5.57 Å². The fourth-order valence-corrected chi connectivity index (χ4v) is 4.51. The van der Waals surface area contributed by atoms with Gasteiger partial charge in [0.25, 0.3) is 0 Å². The minimum absolute atomic E-state index is 0.0647. The van der Waals surface area contributed by atoms with Crippen LogP contribution in [0.3, 0.4) is 0 Å². The molecule has 164 valence electrons. The van der Waals surface area contributed by atoms with Gasteiger partial charge in [0, 0.05) is 5.41 Å². The second-order valence-electron chi connectivity index (χ2n) is 8.75. The van der Waals surface area contributed by atoms with Crippen LogP contribution in [0.15, 0.2) is 35.6 Å². The fraction of sp³-hybridized carbons (Fsp3) is 0.615. The Labute approximate surface area is 181 Å². The predicted octanol–water partition coefficient (Wildman–Crippen LogP) is 5.70. The van der Waals surface area contributed by atoms with E-state index in [1.54, 1.807) is 0 Å². The van der Waals surface area contributed by atoms with E-state index in [0.717, 1.165) is 51.1 Å². The average Bonchev–Trinajstić information content (AvgIpc) is 3.70. The van der Waals surface area contributed by atoms with Gasteiger partial charge in [-0.15, -0.1) is 0 Å². The highest BCUT2D eigenvalue weighted by Gasteiger charge is 2.39. The van der Waals surface area contributed by atoms with E-state index in [-0.39, 0.29) is 17.6 Å². The van der Waals surface area contributed by atoms with Crippen molar-refractivity contribution in [3.8, 4) is 5.75 Å². The highest BCUT2D eigenvalue weighted by Crippen LogP contribution is 2.50. The molecule has 1 aromatic rings. The van der Waals surface area contributed by atoms with Gasteiger partial charge in [0.1, 0.15) is 36.9 Å². The summed E-state index contributed by atoms with van der Waals surface area (Å²) in [5.41, 5.74) is 5.39. The maximum Gasteiger partial charge on any atom is 0.122 e. The van der Waals surface area contributed by atoms with Crippen molar-refractivity contribution in [2.45, 2.75) is 72.0 Å². The van der Waals surface area contributed by atoms with Gasteiger partial charge < -0.3 is 18.9 Å². The van der Waals surface area contributed by atoms with Crippen LogP contribution in [0.5, 0.6) is 5.75 Å². The highest BCUT2D eigenvalue weighted by atomic mass is 16.6. The van der Waals surface area contributed by atoms with Crippen molar-refractivity contribution < 1.29 is 18.9 Å². The Morgan fingerprint density at radius 2 is 1.60 bits per heavy atom. The Morgan fingerprint density at radius 3 is 2.17 bits per heavy atom. The maximum absolute atomic E-state index is 6.39. The highest BCUT2D eigenvalue weighted by molar-refractivity contribution is 5.72. The molecule has 30 heavy (non-hydrogen) atoms. The third-order valence-corrected chi connectivity index (χ3v) is 6.84. The van der Waals surface area contributed by atoms with Crippen molar-refractivity contribution in [3.05, 3.63) is 46.7 Å². The maximum atomic E-state index is 6.39. The van der Waals surface area contributed by atoms with Crippen molar-refractivity contribution in [1.29, 1.82) is 0 Å². The lowest BCUT2D eigenvalue weighted by Crippen LogP contribution is -2.29. The van der Waals surface area contributed by atoms with Crippen LogP contribution in [0, 0.1) is 5.41 Å². The Hall–Kier alpha value is -1.78.